The zero-order valence-electron chi connectivity index (χ0n) is 17.6. The standard InChI is InChI=1S/C26H26N2O3/c1-31-24-14-12-22(13-15-24)25(29)28(23-10-6-3-7-11-23)26(30)27-18-16-21(17-19-27)20-8-4-2-5-9-20/h2-15,21H,16-19H2,1H3. The highest BCUT2D eigenvalue weighted by Crippen LogP contribution is 2.29. The van der Waals surface area contributed by atoms with Crippen LogP contribution in [0.3, 0.4) is 0 Å². The number of anilines is 1. The van der Waals surface area contributed by atoms with Gasteiger partial charge in [-0.2, -0.15) is 0 Å². The molecule has 4 rings (SSSR count). The molecule has 1 aliphatic rings. The van der Waals surface area contributed by atoms with Crippen LogP contribution >= 0.6 is 0 Å². The van der Waals surface area contributed by atoms with Crippen molar-refractivity contribution >= 4 is 17.6 Å². The predicted octanol–water partition coefficient (Wildman–Crippen LogP) is 5.34. The van der Waals surface area contributed by atoms with Crippen molar-refractivity contribution in [1.82, 2.24) is 4.90 Å². The highest BCUT2D eigenvalue weighted by Gasteiger charge is 2.31. The van der Waals surface area contributed by atoms with Gasteiger partial charge in [-0.05, 0) is 60.7 Å². The molecule has 0 aromatic heterocycles. The number of piperidine rings is 1. The summed E-state index contributed by atoms with van der Waals surface area (Å²) >= 11 is 0. The predicted molar refractivity (Wildman–Crippen MR) is 122 cm³/mol. The van der Waals surface area contributed by atoms with Gasteiger partial charge < -0.3 is 9.64 Å². The summed E-state index contributed by atoms with van der Waals surface area (Å²) in [6.07, 6.45) is 1.77. The van der Waals surface area contributed by atoms with Crippen LogP contribution in [0.5, 0.6) is 5.75 Å². The minimum atomic E-state index is -0.343. The Balaban J connectivity index is 1.54. The van der Waals surface area contributed by atoms with E-state index in [1.54, 1.807) is 48.4 Å². The summed E-state index contributed by atoms with van der Waals surface area (Å²) in [6.45, 7) is 1.25. The highest BCUT2D eigenvalue weighted by atomic mass is 16.5. The van der Waals surface area contributed by atoms with Crippen molar-refractivity contribution in [3.63, 3.8) is 0 Å². The Bertz CT molecular complexity index is 1010. The Hall–Kier alpha value is -3.60. The zero-order valence-corrected chi connectivity index (χ0v) is 17.6. The molecule has 0 atom stereocenters. The van der Waals surface area contributed by atoms with Gasteiger partial charge in [0.25, 0.3) is 5.91 Å². The van der Waals surface area contributed by atoms with Gasteiger partial charge in [0.05, 0.1) is 12.8 Å². The third kappa shape index (κ3) is 4.61. The molecule has 1 saturated heterocycles. The topological polar surface area (TPSA) is 49.9 Å². The van der Waals surface area contributed by atoms with E-state index in [0.29, 0.717) is 36.0 Å². The van der Waals surface area contributed by atoms with Crippen molar-refractivity contribution in [3.8, 4) is 5.75 Å². The van der Waals surface area contributed by atoms with Gasteiger partial charge in [-0.15, -0.1) is 0 Å². The van der Waals surface area contributed by atoms with E-state index in [4.69, 9.17) is 4.74 Å². The number of carbonyl (C=O) groups excluding carboxylic acids is 2. The molecule has 0 bridgehead atoms. The van der Waals surface area contributed by atoms with Crippen LogP contribution in [0.1, 0.15) is 34.7 Å². The zero-order chi connectivity index (χ0) is 21.6. The van der Waals surface area contributed by atoms with Crippen LogP contribution in [0.4, 0.5) is 10.5 Å². The number of urea groups is 1. The van der Waals surface area contributed by atoms with Gasteiger partial charge in [0, 0.05) is 18.7 Å². The summed E-state index contributed by atoms with van der Waals surface area (Å²) in [5, 5.41) is 0. The van der Waals surface area contributed by atoms with Crippen LogP contribution in [0.15, 0.2) is 84.9 Å². The lowest BCUT2D eigenvalue weighted by atomic mass is 9.89. The molecule has 158 valence electrons. The van der Waals surface area contributed by atoms with Gasteiger partial charge in [-0.3, -0.25) is 4.79 Å². The molecule has 3 aromatic rings. The first-order valence-electron chi connectivity index (χ1n) is 10.5. The maximum Gasteiger partial charge on any atom is 0.331 e. The largest absolute Gasteiger partial charge is 0.497 e. The number of methoxy groups -OCH3 is 1. The van der Waals surface area contributed by atoms with Gasteiger partial charge in [-0.25, -0.2) is 9.69 Å². The fourth-order valence-corrected chi connectivity index (χ4v) is 4.03. The molecule has 1 fully saturated rings. The monoisotopic (exact) mass is 414 g/mol. The number of amides is 3. The summed E-state index contributed by atoms with van der Waals surface area (Å²) in [5.74, 6) is 0.758. The van der Waals surface area contributed by atoms with Crippen LogP contribution in [0, 0.1) is 0 Å². The van der Waals surface area contributed by atoms with Crippen molar-refractivity contribution in [2.24, 2.45) is 0 Å². The van der Waals surface area contributed by atoms with Crippen molar-refractivity contribution in [3.05, 3.63) is 96.1 Å². The lowest BCUT2D eigenvalue weighted by Gasteiger charge is -2.35. The smallest absolute Gasteiger partial charge is 0.331 e. The molecule has 0 saturated carbocycles. The maximum absolute atomic E-state index is 13.5. The second kappa shape index (κ2) is 9.47. The summed E-state index contributed by atoms with van der Waals surface area (Å²) in [5.41, 5.74) is 2.32. The van der Waals surface area contributed by atoms with Crippen LogP contribution in [0.2, 0.25) is 0 Å². The van der Waals surface area contributed by atoms with Gasteiger partial charge >= 0.3 is 6.03 Å². The lowest BCUT2D eigenvalue weighted by Crippen LogP contribution is -2.49. The van der Waals surface area contributed by atoms with E-state index in [-0.39, 0.29) is 11.9 Å². The number of nitrogens with zero attached hydrogens (tertiary/aromatic N) is 2. The molecule has 3 aromatic carbocycles. The number of hydrogen-bond acceptors (Lipinski definition) is 3. The molecule has 1 aliphatic heterocycles. The molecule has 0 aliphatic carbocycles. The molecule has 0 radical (unpaired) electrons. The molecule has 0 unspecified atom stereocenters. The first-order valence-corrected chi connectivity index (χ1v) is 10.5. The minimum absolute atomic E-state index is 0.279. The van der Waals surface area contributed by atoms with E-state index >= 15 is 0 Å². The second-order valence-corrected chi connectivity index (χ2v) is 7.66. The summed E-state index contributed by atoms with van der Waals surface area (Å²) in [6, 6.07) is 26.1. The molecule has 0 spiro atoms. The van der Waals surface area contributed by atoms with Crippen LogP contribution < -0.4 is 9.64 Å². The third-order valence-corrected chi connectivity index (χ3v) is 5.78. The average Bonchev–Trinajstić information content (AvgIpc) is 2.85. The van der Waals surface area contributed by atoms with E-state index in [2.05, 4.69) is 24.3 Å². The normalized spacial score (nSPS) is 14.2. The van der Waals surface area contributed by atoms with Crippen molar-refractivity contribution in [2.45, 2.75) is 18.8 Å². The van der Waals surface area contributed by atoms with Crippen LogP contribution in [-0.2, 0) is 0 Å². The Morgan fingerprint density at radius 2 is 1.42 bits per heavy atom. The van der Waals surface area contributed by atoms with Crippen molar-refractivity contribution in [2.75, 3.05) is 25.1 Å². The number of likely N-dealkylation sites (tertiary alicyclic amines) is 1. The van der Waals surface area contributed by atoms with E-state index in [1.165, 1.54) is 10.5 Å². The third-order valence-electron chi connectivity index (χ3n) is 5.78. The summed E-state index contributed by atoms with van der Waals surface area (Å²) in [7, 11) is 1.58. The minimum Gasteiger partial charge on any atom is -0.497 e. The Kier molecular flexibility index (Phi) is 6.32. The number of rotatable bonds is 4. The first kappa shape index (κ1) is 20.7. The number of hydrogen-bond donors (Lipinski definition) is 0. The molecule has 1 heterocycles. The van der Waals surface area contributed by atoms with Crippen LogP contribution in [-0.4, -0.2) is 37.0 Å². The highest BCUT2D eigenvalue weighted by molar-refractivity contribution is 6.20. The van der Waals surface area contributed by atoms with E-state index in [9.17, 15) is 9.59 Å². The number of imide groups is 1. The van der Waals surface area contributed by atoms with Gasteiger partial charge in [-0.1, -0.05) is 48.5 Å². The van der Waals surface area contributed by atoms with Crippen LogP contribution in [0.25, 0.3) is 0 Å². The molecule has 5 nitrogen and oxygen atoms in total. The quantitative estimate of drug-likeness (QED) is 0.579. The molecule has 31 heavy (non-hydrogen) atoms. The summed E-state index contributed by atoms with van der Waals surface area (Å²) in [4.78, 5) is 29.9. The van der Waals surface area contributed by atoms with Gasteiger partial charge in [0.15, 0.2) is 0 Å². The Labute approximate surface area is 182 Å². The Morgan fingerprint density at radius 3 is 2.00 bits per heavy atom. The fraction of sp³-hybridized carbons (Fsp3) is 0.231. The Morgan fingerprint density at radius 1 is 0.839 bits per heavy atom. The SMILES string of the molecule is COc1ccc(C(=O)N(C(=O)N2CCC(c3ccccc3)CC2)c2ccccc2)cc1. The number of benzene rings is 3. The molecular formula is C26H26N2O3. The van der Waals surface area contributed by atoms with Crippen molar-refractivity contribution in [1.29, 1.82) is 0 Å². The molecule has 3 amide bonds. The fourth-order valence-electron chi connectivity index (χ4n) is 4.03. The number of para-hydroxylation sites is 1. The van der Waals surface area contributed by atoms with E-state index in [1.807, 2.05) is 24.3 Å². The maximum atomic E-state index is 13.5. The number of carbonyl (C=O) groups is 2. The first-order chi connectivity index (χ1) is 15.2. The second-order valence-electron chi connectivity index (χ2n) is 7.66. The number of ether oxygens (including phenoxy) is 1. The van der Waals surface area contributed by atoms with Gasteiger partial charge in [0.2, 0.25) is 0 Å². The van der Waals surface area contributed by atoms with Gasteiger partial charge in [0.1, 0.15) is 5.75 Å². The lowest BCUT2D eigenvalue weighted by molar-refractivity contribution is 0.0982. The molecule has 5 heteroatoms. The molecular weight excluding hydrogens is 388 g/mol. The van der Waals surface area contributed by atoms with E-state index in [0.717, 1.165) is 12.8 Å². The molecule has 0 N–H and O–H groups in total. The summed E-state index contributed by atoms with van der Waals surface area (Å²) < 4.78 is 5.18. The van der Waals surface area contributed by atoms with Crippen molar-refractivity contribution < 1.29 is 14.3 Å². The van der Waals surface area contributed by atoms with E-state index < -0.39 is 0 Å². The average molecular weight is 415 g/mol.